The zero-order chi connectivity index (χ0) is 17.4. The Morgan fingerprint density at radius 3 is 2.85 bits per heavy atom. The summed E-state index contributed by atoms with van der Waals surface area (Å²) in [7, 11) is 0. The maximum absolute atomic E-state index is 5.85. The van der Waals surface area contributed by atoms with Gasteiger partial charge in [0.25, 0.3) is 0 Å². The van der Waals surface area contributed by atoms with Gasteiger partial charge in [0.2, 0.25) is 17.6 Å². The van der Waals surface area contributed by atoms with E-state index >= 15 is 0 Å². The minimum absolute atomic E-state index is 0.116. The second-order valence-corrected chi connectivity index (χ2v) is 6.74. The third-order valence-corrected chi connectivity index (χ3v) is 5.25. The van der Waals surface area contributed by atoms with Crippen LogP contribution in [0.5, 0.6) is 11.6 Å². The first-order valence-corrected chi connectivity index (χ1v) is 8.85. The monoisotopic (exact) mass is 350 g/mol. The largest absolute Gasteiger partial charge is 0.438 e. The zero-order valence-corrected chi connectivity index (χ0v) is 14.2. The van der Waals surface area contributed by atoms with Gasteiger partial charge in [-0.25, -0.2) is 9.97 Å². The van der Waals surface area contributed by atoms with Gasteiger partial charge in [-0.3, -0.25) is 0 Å². The van der Waals surface area contributed by atoms with Crippen LogP contribution in [0.2, 0.25) is 0 Å². The number of para-hydroxylation sites is 1. The molecule has 2 aliphatic rings. The molecule has 1 aliphatic heterocycles. The molecule has 1 aliphatic carbocycles. The molecule has 0 amide bonds. The average molecular weight is 350 g/mol. The summed E-state index contributed by atoms with van der Waals surface area (Å²) in [4.78, 5) is 13.3. The number of nitrogens with zero attached hydrogens (tertiary/aromatic N) is 4. The van der Waals surface area contributed by atoms with E-state index in [1.54, 1.807) is 12.4 Å². The van der Waals surface area contributed by atoms with E-state index in [2.05, 4.69) is 20.1 Å². The van der Waals surface area contributed by atoms with Crippen LogP contribution in [0, 0.1) is 0 Å². The Kier molecular flexibility index (Phi) is 3.67. The lowest BCUT2D eigenvalue weighted by Gasteiger charge is -2.22. The summed E-state index contributed by atoms with van der Waals surface area (Å²) in [6.45, 7) is 0.758. The number of aromatic nitrogens is 4. The van der Waals surface area contributed by atoms with Crippen LogP contribution in [0.4, 0.5) is 0 Å². The summed E-state index contributed by atoms with van der Waals surface area (Å²) in [5.41, 5.74) is 0.444. The number of benzene rings is 1. The van der Waals surface area contributed by atoms with Crippen molar-refractivity contribution in [1.29, 1.82) is 0 Å². The van der Waals surface area contributed by atoms with Crippen molar-refractivity contribution in [1.82, 2.24) is 20.1 Å². The third kappa shape index (κ3) is 2.55. The molecular formula is C19H18N4O3. The number of rotatable bonds is 4. The maximum atomic E-state index is 5.85. The molecule has 132 valence electrons. The smallest absolute Gasteiger partial charge is 0.237 e. The minimum atomic E-state index is -0.116. The second-order valence-electron chi connectivity index (χ2n) is 6.74. The van der Waals surface area contributed by atoms with Crippen molar-refractivity contribution in [2.75, 3.05) is 6.61 Å². The molecule has 3 aromatic rings. The van der Waals surface area contributed by atoms with Gasteiger partial charge in [0.15, 0.2) is 0 Å². The first-order valence-electron chi connectivity index (χ1n) is 8.85. The Morgan fingerprint density at radius 1 is 1.08 bits per heavy atom. The lowest BCUT2D eigenvalue weighted by molar-refractivity contribution is 0.0847. The van der Waals surface area contributed by atoms with Crippen molar-refractivity contribution >= 4 is 0 Å². The maximum Gasteiger partial charge on any atom is 0.237 e. The van der Waals surface area contributed by atoms with Crippen LogP contribution < -0.4 is 4.74 Å². The molecule has 2 fully saturated rings. The van der Waals surface area contributed by atoms with E-state index in [0.29, 0.717) is 29.0 Å². The van der Waals surface area contributed by atoms with Gasteiger partial charge in [-0.2, -0.15) is 4.98 Å². The number of hydrogen-bond donors (Lipinski definition) is 0. The lowest BCUT2D eigenvalue weighted by Crippen LogP contribution is -2.30. The number of fused-ring (bicyclic) bond motifs is 1. The standard InChI is InChI=1S/C19H18N4O3/c1-2-5-13(6-3-1)25-16-12-20-14(11-21-16)17-22-18(26-23-17)19-8-4-7-15(19)24-10-9-19/h1-3,5-6,11-12,15H,4,7-10H2/t15-,19+/m0/s1. The van der Waals surface area contributed by atoms with Crippen molar-refractivity contribution in [2.24, 2.45) is 0 Å². The van der Waals surface area contributed by atoms with Gasteiger partial charge in [-0.05, 0) is 37.8 Å². The quantitative estimate of drug-likeness (QED) is 0.712. The van der Waals surface area contributed by atoms with E-state index in [0.717, 1.165) is 32.3 Å². The zero-order valence-electron chi connectivity index (χ0n) is 14.2. The Labute approximate surface area is 150 Å². The van der Waals surface area contributed by atoms with Gasteiger partial charge in [-0.1, -0.05) is 23.4 Å². The summed E-state index contributed by atoms with van der Waals surface area (Å²) >= 11 is 0. The van der Waals surface area contributed by atoms with Gasteiger partial charge < -0.3 is 14.0 Å². The fraction of sp³-hybridized carbons (Fsp3) is 0.368. The average Bonchev–Trinajstić information content (AvgIpc) is 3.38. The topological polar surface area (TPSA) is 83.2 Å². The minimum Gasteiger partial charge on any atom is -0.438 e. The summed E-state index contributed by atoms with van der Waals surface area (Å²) in [5.74, 6) is 2.25. The van der Waals surface area contributed by atoms with E-state index < -0.39 is 0 Å². The highest BCUT2D eigenvalue weighted by Gasteiger charge is 2.52. The van der Waals surface area contributed by atoms with Crippen LogP contribution in [-0.2, 0) is 10.2 Å². The van der Waals surface area contributed by atoms with E-state index in [-0.39, 0.29) is 11.5 Å². The SMILES string of the molecule is c1ccc(Oc2cnc(-c3noc([C@@]45CCC[C@@H]4OCC5)n3)cn2)cc1. The predicted molar refractivity (Wildman–Crippen MR) is 91.7 cm³/mol. The van der Waals surface area contributed by atoms with Crippen LogP contribution >= 0.6 is 0 Å². The molecule has 1 saturated heterocycles. The van der Waals surface area contributed by atoms with Gasteiger partial charge in [0.05, 0.1) is 23.9 Å². The van der Waals surface area contributed by atoms with Crippen LogP contribution in [0.3, 0.4) is 0 Å². The van der Waals surface area contributed by atoms with Crippen molar-refractivity contribution in [3.05, 3.63) is 48.6 Å². The summed E-state index contributed by atoms with van der Waals surface area (Å²) < 4.78 is 17.1. The summed E-state index contributed by atoms with van der Waals surface area (Å²) in [6, 6.07) is 9.46. The Morgan fingerprint density at radius 2 is 2.00 bits per heavy atom. The molecule has 7 nitrogen and oxygen atoms in total. The van der Waals surface area contributed by atoms with E-state index in [9.17, 15) is 0 Å². The van der Waals surface area contributed by atoms with Gasteiger partial charge in [-0.15, -0.1) is 0 Å². The normalized spacial score (nSPS) is 24.5. The molecule has 26 heavy (non-hydrogen) atoms. The molecule has 2 aromatic heterocycles. The van der Waals surface area contributed by atoms with Gasteiger partial charge in [0, 0.05) is 6.61 Å². The summed E-state index contributed by atoms with van der Waals surface area (Å²) in [6.07, 6.45) is 7.53. The molecule has 0 bridgehead atoms. The van der Waals surface area contributed by atoms with E-state index in [1.807, 2.05) is 30.3 Å². The van der Waals surface area contributed by atoms with Gasteiger partial charge in [0.1, 0.15) is 11.4 Å². The number of ether oxygens (including phenoxy) is 2. The number of hydrogen-bond acceptors (Lipinski definition) is 7. The van der Waals surface area contributed by atoms with Crippen LogP contribution in [0.15, 0.2) is 47.2 Å². The fourth-order valence-electron chi connectivity index (χ4n) is 3.93. The second kappa shape index (κ2) is 6.17. The molecular weight excluding hydrogens is 332 g/mol. The summed E-state index contributed by atoms with van der Waals surface area (Å²) in [5, 5.41) is 4.11. The van der Waals surface area contributed by atoms with E-state index in [4.69, 9.17) is 14.0 Å². The highest BCUT2D eigenvalue weighted by atomic mass is 16.5. The molecule has 0 N–H and O–H groups in total. The molecule has 7 heteroatoms. The van der Waals surface area contributed by atoms with Crippen molar-refractivity contribution in [2.45, 2.75) is 37.2 Å². The molecule has 1 aromatic carbocycles. The molecule has 5 rings (SSSR count). The van der Waals surface area contributed by atoms with Crippen LogP contribution in [0.25, 0.3) is 11.5 Å². The predicted octanol–water partition coefficient (Wildman–Crippen LogP) is 3.53. The van der Waals surface area contributed by atoms with Crippen LogP contribution in [0.1, 0.15) is 31.6 Å². The lowest BCUT2D eigenvalue weighted by atomic mass is 9.83. The molecule has 0 spiro atoms. The first kappa shape index (κ1) is 15.5. The highest BCUT2D eigenvalue weighted by molar-refractivity contribution is 5.47. The van der Waals surface area contributed by atoms with Crippen molar-refractivity contribution < 1.29 is 14.0 Å². The molecule has 3 heterocycles. The van der Waals surface area contributed by atoms with Crippen molar-refractivity contribution in [3.63, 3.8) is 0 Å². The molecule has 1 saturated carbocycles. The van der Waals surface area contributed by atoms with Gasteiger partial charge >= 0.3 is 0 Å². The third-order valence-electron chi connectivity index (χ3n) is 5.25. The highest BCUT2D eigenvalue weighted by Crippen LogP contribution is 2.48. The Hall–Kier alpha value is -2.80. The fourth-order valence-corrected chi connectivity index (χ4v) is 3.93. The molecule has 0 unspecified atom stereocenters. The first-order chi connectivity index (χ1) is 12.8. The Balaban J connectivity index is 1.37. The van der Waals surface area contributed by atoms with E-state index in [1.165, 1.54) is 0 Å². The van der Waals surface area contributed by atoms with Crippen LogP contribution in [-0.4, -0.2) is 32.8 Å². The Bertz CT molecular complexity index is 885. The van der Waals surface area contributed by atoms with Crippen molar-refractivity contribution in [3.8, 4) is 23.1 Å². The molecule has 2 atom stereocenters. The molecule has 0 radical (unpaired) electrons.